The zero-order chi connectivity index (χ0) is 16.8. The van der Waals surface area contributed by atoms with Gasteiger partial charge in [-0.05, 0) is 25.5 Å². The van der Waals surface area contributed by atoms with Crippen LogP contribution in [0.1, 0.15) is 24.6 Å². The number of H-pyrrole nitrogens is 1. The first-order chi connectivity index (χ1) is 11.0. The monoisotopic (exact) mass is 329 g/mol. The predicted octanol–water partition coefficient (Wildman–Crippen LogP) is 1.85. The van der Waals surface area contributed by atoms with E-state index in [-0.39, 0.29) is 22.3 Å². The van der Waals surface area contributed by atoms with Crippen LogP contribution in [-0.2, 0) is 4.79 Å². The molecule has 0 radical (unpaired) electrons. The Morgan fingerprint density at radius 3 is 2.83 bits per heavy atom. The third kappa shape index (κ3) is 4.17. The molecular weight excluding hydrogens is 314 g/mol. The summed E-state index contributed by atoms with van der Waals surface area (Å²) in [6, 6.07) is 8.80. The van der Waals surface area contributed by atoms with Gasteiger partial charge in [-0.1, -0.05) is 30.8 Å². The van der Waals surface area contributed by atoms with Gasteiger partial charge in [0.1, 0.15) is 11.8 Å². The molecule has 1 aromatic heterocycles. The number of thioether (sulfide) groups is 1. The fourth-order valence-corrected chi connectivity index (χ4v) is 2.63. The topological polar surface area (TPSA) is 112 Å². The number of anilines is 1. The molecule has 1 heterocycles. The highest BCUT2D eigenvalue weighted by molar-refractivity contribution is 8.00. The maximum absolute atomic E-state index is 12.4. The molecule has 8 heteroatoms. The lowest BCUT2D eigenvalue weighted by Gasteiger charge is -2.14. The number of hydrogen-bond acceptors (Lipinski definition) is 6. The molecule has 0 unspecified atom stereocenters. The molecule has 0 fully saturated rings. The summed E-state index contributed by atoms with van der Waals surface area (Å²) in [6.07, 6.45) is 0.531. The van der Waals surface area contributed by atoms with Crippen molar-refractivity contribution in [2.75, 3.05) is 5.32 Å². The zero-order valence-electron chi connectivity index (χ0n) is 12.7. The van der Waals surface area contributed by atoms with Crippen LogP contribution in [0.3, 0.4) is 0 Å². The van der Waals surface area contributed by atoms with Gasteiger partial charge in [0.05, 0.1) is 16.5 Å². The number of aromatic amines is 1. The highest BCUT2D eigenvalue weighted by Crippen LogP contribution is 2.23. The Hall–Kier alpha value is -2.66. The molecule has 0 spiro atoms. The van der Waals surface area contributed by atoms with Crippen LogP contribution in [0.15, 0.2) is 34.2 Å². The van der Waals surface area contributed by atoms with Gasteiger partial charge in [0.2, 0.25) is 5.91 Å². The third-order valence-electron chi connectivity index (χ3n) is 3.06. The average Bonchev–Trinajstić information content (AvgIpc) is 2.56. The number of para-hydroxylation sites is 1. The fraction of sp³-hybridized carbons (Fsp3) is 0.267. The van der Waals surface area contributed by atoms with E-state index in [0.717, 1.165) is 11.8 Å². The summed E-state index contributed by atoms with van der Waals surface area (Å²) >= 11 is 1.13. The van der Waals surface area contributed by atoms with E-state index in [1.807, 2.05) is 13.0 Å². The summed E-state index contributed by atoms with van der Waals surface area (Å²) in [6.45, 7) is 3.41. The van der Waals surface area contributed by atoms with E-state index in [2.05, 4.69) is 20.5 Å². The Labute approximate surface area is 137 Å². The van der Waals surface area contributed by atoms with Crippen molar-refractivity contribution in [1.29, 1.82) is 5.26 Å². The van der Waals surface area contributed by atoms with Gasteiger partial charge in [-0.3, -0.25) is 14.6 Å². The van der Waals surface area contributed by atoms with Gasteiger partial charge in [-0.25, -0.2) is 0 Å². The molecule has 0 aliphatic heterocycles. The first kappa shape index (κ1) is 16.7. The van der Waals surface area contributed by atoms with Crippen molar-refractivity contribution >= 4 is 23.4 Å². The first-order valence-corrected chi connectivity index (χ1v) is 7.83. The van der Waals surface area contributed by atoms with Crippen molar-refractivity contribution in [2.45, 2.75) is 30.7 Å². The molecule has 0 aliphatic carbocycles. The number of amides is 1. The van der Waals surface area contributed by atoms with Gasteiger partial charge in [-0.15, -0.1) is 10.2 Å². The molecule has 2 rings (SSSR count). The molecule has 1 amide bonds. The van der Waals surface area contributed by atoms with E-state index < -0.39 is 5.25 Å². The molecule has 118 valence electrons. The molecule has 0 aliphatic rings. The molecule has 7 nitrogen and oxygen atoms in total. The lowest BCUT2D eigenvalue weighted by atomic mass is 10.2. The summed E-state index contributed by atoms with van der Waals surface area (Å²) in [5, 5.41) is 19.2. The lowest BCUT2D eigenvalue weighted by molar-refractivity contribution is -0.115. The van der Waals surface area contributed by atoms with Crippen molar-refractivity contribution in [3.05, 3.63) is 45.9 Å². The highest BCUT2D eigenvalue weighted by atomic mass is 32.2. The Morgan fingerprint density at radius 2 is 2.17 bits per heavy atom. The van der Waals surface area contributed by atoms with Crippen molar-refractivity contribution in [1.82, 2.24) is 15.2 Å². The largest absolute Gasteiger partial charge is 0.324 e. The first-order valence-electron chi connectivity index (χ1n) is 6.95. The lowest BCUT2D eigenvalue weighted by Crippen LogP contribution is -2.26. The van der Waals surface area contributed by atoms with Crippen LogP contribution in [0.5, 0.6) is 0 Å². The van der Waals surface area contributed by atoms with Gasteiger partial charge in [0.15, 0.2) is 5.16 Å². The molecule has 2 N–H and O–H groups in total. The van der Waals surface area contributed by atoms with E-state index in [9.17, 15) is 9.59 Å². The van der Waals surface area contributed by atoms with Gasteiger partial charge in [-0.2, -0.15) is 5.26 Å². The number of carbonyl (C=O) groups excluding carboxylic acids is 1. The van der Waals surface area contributed by atoms with Crippen LogP contribution in [0.25, 0.3) is 0 Å². The van der Waals surface area contributed by atoms with Gasteiger partial charge < -0.3 is 5.32 Å². The van der Waals surface area contributed by atoms with E-state index in [1.165, 1.54) is 0 Å². The van der Waals surface area contributed by atoms with E-state index in [1.54, 1.807) is 31.2 Å². The summed E-state index contributed by atoms with van der Waals surface area (Å²) in [7, 11) is 0. The number of nitriles is 1. The SMILES string of the molecule is CC[C@H](Sc1nnc(C)c(=O)[nH]1)C(=O)Nc1ccccc1C#N. The van der Waals surface area contributed by atoms with Gasteiger partial charge in [0.25, 0.3) is 5.56 Å². The summed E-state index contributed by atoms with van der Waals surface area (Å²) in [5.74, 6) is -0.261. The number of aryl methyl sites for hydroxylation is 1. The zero-order valence-corrected chi connectivity index (χ0v) is 13.5. The van der Waals surface area contributed by atoms with E-state index in [4.69, 9.17) is 5.26 Å². The molecule has 23 heavy (non-hydrogen) atoms. The fourth-order valence-electron chi connectivity index (χ4n) is 1.79. The Balaban J connectivity index is 2.14. The van der Waals surface area contributed by atoms with Crippen LogP contribution < -0.4 is 10.9 Å². The molecule has 0 bridgehead atoms. The van der Waals surface area contributed by atoms with Crippen LogP contribution in [0.4, 0.5) is 5.69 Å². The second kappa shape index (κ2) is 7.56. The number of carbonyl (C=O) groups is 1. The predicted molar refractivity (Wildman–Crippen MR) is 87.1 cm³/mol. The Morgan fingerprint density at radius 1 is 1.43 bits per heavy atom. The molecule has 1 atom stereocenters. The molecule has 0 saturated carbocycles. The molecule has 1 aromatic carbocycles. The van der Waals surface area contributed by atoms with Crippen LogP contribution in [-0.4, -0.2) is 26.3 Å². The maximum Gasteiger partial charge on any atom is 0.273 e. The number of benzene rings is 1. The van der Waals surface area contributed by atoms with E-state index in [0.29, 0.717) is 17.7 Å². The Kier molecular flexibility index (Phi) is 5.49. The minimum absolute atomic E-state index is 0.261. The minimum Gasteiger partial charge on any atom is -0.324 e. The second-order valence-electron chi connectivity index (χ2n) is 4.71. The number of nitrogens with one attached hydrogen (secondary N) is 2. The van der Waals surface area contributed by atoms with Crippen molar-refractivity contribution in [2.24, 2.45) is 0 Å². The Bertz CT molecular complexity index is 812. The number of hydrogen-bond donors (Lipinski definition) is 2. The van der Waals surface area contributed by atoms with Crippen molar-refractivity contribution < 1.29 is 4.79 Å². The minimum atomic E-state index is -0.464. The quantitative estimate of drug-likeness (QED) is 0.810. The average molecular weight is 329 g/mol. The second-order valence-corrected chi connectivity index (χ2v) is 5.90. The number of aromatic nitrogens is 3. The van der Waals surface area contributed by atoms with Crippen molar-refractivity contribution in [3.63, 3.8) is 0 Å². The molecule has 0 saturated heterocycles. The summed E-state index contributed by atoms with van der Waals surface area (Å²) in [4.78, 5) is 26.5. The smallest absolute Gasteiger partial charge is 0.273 e. The third-order valence-corrected chi connectivity index (χ3v) is 4.30. The van der Waals surface area contributed by atoms with Crippen LogP contribution in [0.2, 0.25) is 0 Å². The molecular formula is C15H15N5O2S. The maximum atomic E-state index is 12.4. The number of rotatable bonds is 5. The van der Waals surface area contributed by atoms with Gasteiger partial charge in [0, 0.05) is 0 Å². The van der Waals surface area contributed by atoms with Gasteiger partial charge >= 0.3 is 0 Å². The summed E-state index contributed by atoms with van der Waals surface area (Å²) in [5.41, 5.74) is 0.800. The van der Waals surface area contributed by atoms with Crippen LogP contribution in [0, 0.1) is 18.3 Å². The van der Waals surface area contributed by atoms with E-state index >= 15 is 0 Å². The summed E-state index contributed by atoms with van der Waals surface area (Å²) < 4.78 is 0. The highest BCUT2D eigenvalue weighted by Gasteiger charge is 2.20. The molecule has 2 aromatic rings. The normalized spacial score (nSPS) is 11.5. The standard InChI is InChI=1S/C15H15N5O2S/c1-3-12(23-15-18-13(21)9(2)19-20-15)14(22)17-11-7-5-4-6-10(11)8-16/h4-7,12H,3H2,1-2H3,(H,17,22)(H,18,20,21)/t12-/m0/s1. The van der Waals surface area contributed by atoms with Crippen LogP contribution >= 0.6 is 11.8 Å². The van der Waals surface area contributed by atoms with Crippen molar-refractivity contribution in [3.8, 4) is 6.07 Å². The number of nitrogens with zero attached hydrogens (tertiary/aromatic N) is 3.